The molecule has 1 aliphatic heterocycles. The van der Waals surface area contributed by atoms with E-state index in [0.717, 1.165) is 4.31 Å². The maximum absolute atomic E-state index is 12.3. The number of rotatable bonds is 3. The molecule has 1 aromatic rings. The maximum atomic E-state index is 12.3. The topological polar surface area (TPSA) is 113 Å². The Bertz CT molecular complexity index is 564. The zero-order chi connectivity index (χ0) is 14.2. The summed E-state index contributed by atoms with van der Waals surface area (Å²) in [6.45, 7) is -0.258. The van der Waals surface area contributed by atoms with Crippen LogP contribution in [0.2, 0.25) is 0 Å². The third-order valence-electron chi connectivity index (χ3n) is 3.07. The van der Waals surface area contributed by atoms with Gasteiger partial charge in [-0.15, -0.1) is 0 Å². The number of aliphatic hydroxyl groups excluding tert-OH is 2. The summed E-state index contributed by atoms with van der Waals surface area (Å²) in [5, 5.41) is 18.8. The number of sulfonamides is 1. The van der Waals surface area contributed by atoms with Gasteiger partial charge in [0.1, 0.15) is 5.75 Å². The first-order chi connectivity index (χ1) is 8.86. The number of ether oxygens (including phenoxy) is 1. The highest BCUT2D eigenvalue weighted by molar-refractivity contribution is 7.89. The highest BCUT2D eigenvalue weighted by atomic mass is 32.2. The second-order valence-corrected chi connectivity index (χ2v) is 6.30. The van der Waals surface area contributed by atoms with Crippen LogP contribution in [0.3, 0.4) is 0 Å². The van der Waals surface area contributed by atoms with Crippen LogP contribution in [0, 0.1) is 0 Å². The van der Waals surface area contributed by atoms with Crippen molar-refractivity contribution in [1.29, 1.82) is 0 Å². The van der Waals surface area contributed by atoms with Crippen LogP contribution in [0.5, 0.6) is 5.75 Å². The normalized spacial score (nSPS) is 24.6. The zero-order valence-corrected chi connectivity index (χ0v) is 11.2. The summed E-state index contributed by atoms with van der Waals surface area (Å²) in [4.78, 5) is 0.0138. The van der Waals surface area contributed by atoms with Gasteiger partial charge in [0, 0.05) is 19.2 Å². The Morgan fingerprint density at radius 1 is 1.32 bits per heavy atom. The van der Waals surface area contributed by atoms with E-state index < -0.39 is 22.2 Å². The quantitative estimate of drug-likeness (QED) is 0.615. The smallest absolute Gasteiger partial charge is 0.243 e. The van der Waals surface area contributed by atoms with Crippen LogP contribution in [0.15, 0.2) is 23.1 Å². The summed E-state index contributed by atoms with van der Waals surface area (Å²) in [7, 11) is -2.38. The van der Waals surface area contributed by atoms with Gasteiger partial charge in [0.15, 0.2) is 0 Å². The molecule has 106 valence electrons. The lowest BCUT2D eigenvalue weighted by molar-refractivity contribution is 0.0572. The summed E-state index contributed by atoms with van der Waals surface area (Å²) < 4.78 is 30.6. The van der Waals surface area contributed by atoms with Crippen molar-refractivity contribution in [3.63, 3.8) is 0 Å². The number of aliphatic hydroxyl groups is 2. The average Bonchev–Trinajstić information content (AvgIpc) is 2.70. The molecule has 8 heteroatoms. The SMILES string of the molecule is COc1cc(S(=O)(=O)N2C[C@@H](O)[C@@H](O)C2)ccc1N. The summed E-state index contributed by atoms with van der Waals surface area (Å²) in [6, 6.07) is 4.13. The second kappa shape index (κ2) is 4.97. The number of nitrogens with two attached hydrogens (primary N) is 1. The molecular weight excluding hydrogens is 272 g/mol. The van der Waals surface area contributed by atoms with Crippen LogP contribution >= 0.6 is 0 Å². The van der Waals surface area contributed by atoms with Crippen LogP contribution in [-0.4, -0.2) is 55.3 Å². The third-order valence-corrected chi connectivity index (χ3v) is 4.90. The van der Waals surface area contributed by atoms with Crippen LogP contribution in [0.4, 0.5) is 5.69 Å². The van der Waals surface area contributed by atoms with Crippen LogP contribution in [0.25, 0.3) is 0 Å². The number of nitrogen functional groups attached to an aromatic ring is 1. The van der Waals surface area contributed by atoms with E-state index >= 15 is 0 Å². The van der Waals surface area contributed by atoms with Crippen LogP contribution in [-0.2, 0) is 10.0 Å². The van der Waals surface area contributed by atoms with Crippen molar-refractivity contribution >= 4 is 15.7 Å². The maximum Gasteiger partial charge on any atom is 0.243 e. The molecule has 0 radical (unpaired) electrons. The molecule has 1 aliphatic rings. The molecule has 4 N–H and O–H groups in total. The Labute approximate surface area is 111 Å². The predicted octanol–water partition coefficient (Wildman–Crippen LogP) is -0.996. The molecular formula is C11H16N2O5S. The van der Waals surface area contributed by atoms with E-state index in [4.69, 9.17) is 10.5 Å². The van der Waals surface area contributed by atoms with Gasteiger partial charge in [-0.2, -0.15) is 4.31 Å². The molecule has 0 unspecified atom stereocenters. The van der Waals surface area contributed by atoms with Gasteiger partial charge < -0.3 is 20.7 Å². The molecule has 2 atom stereocenters. The highest BCUT2D eigenvalue weighted by Gasteiger charge is 2.37. The van der Waals surface area contributed by atoms with Gasteiger partial charge >= 0.3 is 0 Å². The largest absolute Gasteiger partial charge is 0.495 e. The van der Waals surface area contributed by atoms with Crippen LogP contribution in [0.1, 0.15) is 0 Å². The van der Waals surface area contributed by atoms with E-state index in [2.05, 4.69) is 0 Å². The first-order valence-electron chi connectivity index (χ1n) is 5.66. The van der Waals surface area contributed by atoms with Gasteiger partial charge in [-0.1, -0.05) is 0 Å². The van der Waals surface area contributed by atoms with Crippen molar-refractivity contribution < 1.29 is 23.4 Å². The van der Waals surface area contributed by atoms with E-state index in [1.807, 2.05) is 0 Å². The van der Waals surface area contributed by atoms with Crippen molar-refractivity contribution in [1.82, 2.24) is 4.31 Å². The minimum Gasteiger partial charge on any atom is -0.495 e. The van der Waals surface area contributed by atoms with Crippen molar-refractivity contribution in [2.45, 2.75) is 17.1 Å². The van der Waals surface area contributed by atoms with E-state index in [-0.39, 0.29) is 23.7 Å². The van der Waals surface area contributed by atoms with Crippen molar-refractivity contribution in [3.8, 4) is 5.75 Å². The Morgan fingerprint density at radius 3 is 2.42 bits per heavy atom. The molecule has 0 spiro atoms. The lowest BCUT2D eigenvalue weighted by Gasteiger charge is -2.16. The van der Waals surface area contributed by atoms with E-state index in [1.54, 1.807) is 0 Å². The molecule has 7 nitrogen and oxygen atoms in total. The predicted molar refractivity (Wildman–Crippen MR) is 68.2 cm³/mol. The lowest BCUT2D eigenvalue weighted by Crippen LogP contribution is -2.30. The number of methoxy groups -OCH3 is 1. The molecule has 1 saturated heterocycles. The monoisotopic (exact) mass is 288 g/mol. The molecule has 1 fully saturated rings. The summed E-state index contributed by atoms with van der Waals surface area (Å²) in [6.07, 6.45) is -2.13. The first kappa shape index (κ1) is 14.1. The number of nitrogens with zero attached hydrogens (tertiary/aromatic N) is 1. The zero-order valence-electron chi connectivity index (χ0n) is 10.4. The molecule has 0 saturated carbocycles. The number of hydrogen-bond donors (Lipinski definition) is 3. The average molecular weight is 288 g/mol. The molecule has 0 aromatic heterocycles. The lowest BCUT2D eigenvalue weighted by atomic mass is 10.3. The Hall–Kier alpha value is -1.35. The fourth-order valence-corrected chi connectivity index (χ4v) is 3.42. The Morgan fingerprint density at radius 2 is 1.89 bits per heavy atom. The van der Waals surface area contributed by atoms with E-state index in [9.17, 15) is 18.6 Å². The second-order valence-electron chi connectivity index (χ2n) is 4.36. The van der Waals surface area contributed by atoms with Gasteiger partial charge in [-0.25, -0.2) is 8.42 Å². The van der Waals surface area contributed by atoms with Crippen LogP contribution < -0.4 is 10.5 Å². The van der Waals surface area contributed by atoms with E-state index in [1.165, 1.54) is 25.3 Å². The summed E-state index contributed by atoms with van der Waals surface area (Å²) >= 11 is 0. The first-order valence-corrected chi connectivity index (χ1v) is 7.10. The molecule has 1 aromatic carbocycles. The van der Waals surface area contributed by atoms with Crippen molar-refractivity contribution in [2.24, 2.45) is 0 Å². The molecule has 0 aliphatic carbocycles. The third kappa shape index (κ3) is 2.52. The minimum absolute atomic E-state index is 0.0138. The number of benzene rings is 1. The fourth-order valence-electron chi connectivity index (χ4n) is 1.93. The Balaban J connectivity index is 2.35. The number of β-amino-alcohol motifs (C(OH)–C–C–N with tert-alkyl or cyclic N) is 2. The summed E-state index contributed by atoms with van der Waals surface area (Å²) in [5.74, 6) is 0.265. The number of hydrogen-bond acceptors (Lipinski definition) is 6. The molecule has 2 rings (SSSR count). The van der Waals surface area contributed by atoms with Gasteiger partial charge in [0.05, 0.1) is 29.9 Å². The van der Waals surface area contributed by atoms with Crippen molar-refractivity contribution in [3.05, 3.63) is 18.2 Å². The molecule has 0 bridgehead atoms. The molecule has 0 amide bonds. The van der Waals surface area contributed by atoms with Gasteiger partial charge in [-0.3, -0.25) is 0 Å². The standard InChI is InChI=1S/C11H16N2O5S/c1-18-11-4-7(2-3-8(11)12)19(16,17)13-5-9(14)10(15)6-13/h2-4,9-10,14-15H,5-6,12H2,1H3/t9-,10+. The van der Waals surface area contributed by atoms with Gasteiger partial charge in [0.25, 0.3) is 0 Å². The van der Waals surface area contributed by atoms with Crippen molar-refractivity contribution in [2.75, 3.05) is 25.9 Å². The van der Waals surface area contributed by atoms with Gasteiger partial charge in [-0.05, 0) is 12.1 Å². The highest BCUT2D eigenvalue weighted by Crippen LogP contribution is 2.28. The molecule has 1 heterocycles. The van der Waals surface area contributed by atoms with E-state index in [0.29, 0.717) is 5.69 Å². The fraction of sp³-hybridized carbons (Fsp3) is 0.455. The molecule has 19 heavy (non-hydrogen) atoms. The number of anilines is 1. The summed E-state index contributed by atoms with van der Waals surface area (Å²) in [5.41, 5.74) is 5.96. The minimum atomic E-state index is -3.78. The van der Waals surface area contributed by atoms with Gasteiger partial charge in [0.2, 0.25) is 10.0 Å². The Kier molecular flexibility index (Phi) is 3.68.